The molecule has 5 nitrogen and oxygen atoms in total. The van der Waals surface area contributed by atoms with Crippen molar-refractivity contribution in [1.82, 2.24) is 5.32 Å². The van der Waals surface area contributed by atoms with Gasteiger partial charge in [0.2, 0.25) is 11.8 Å². The number of hydrogen-bond acceptors (Lipinski definition) is 3. The van der Waals surface area contributed by atoms with Crippen LogP contribution in [0.5, 0.6) is 11.5 Å². The van der Waals surface area contributed by atoms with Crippen molar-refractivity contribution in [2.45, 2.75) is 5.92 Å². The summed E-state index contributed by atoms with van der Waals surface area (Å²) in [5.41, 5.74) is 0.126. The van der Waals surface area contributed by atoms with Gasteiger partial charge in [0.15, 0.2) is 23.2 Å². The summed E-state index contributed by atoms with van der Waals surface area (Å²) in [6, 6.07) is 16.0. The van der Waals surface area contributed by atoms with Crippen molar-refractivity contribution in [2.24, 2.45) is 5.92 Å². The lowest BCUT2D eigenvalue weighted by Crippen LogP contribution is -2.32. The van der Waals surface area contributed by atoms with Gasteiger partial charge in [-0.25, -0.2) is 13.2 Å². The molecule has 31 heavy (non-hydrogen) atoms. The molecular formula is C23H17F3N2O3. The monoisotopic (exact) mass is 426 g/mol. The fraction of sp³-hybridized carbons (Fsp3) is 0.130. The third-order valence-corrected chi connectivity index (χ3v) is 5.03. The first-order valence-electron chi connectivity index (χ1n) is 9.49. The van der Waals surface area contributed by atoms with E-state index >= 15 is 0 Å². The number of anilines is 1. The van der Waals surface area contributed by atoms with Crippen LogP contribution in [0.3, 0.4) is 0 Å². The van der Waals surface area contributed by atoms with Crippen LogP contribution in [0.2, 0.25) is 0 Å². The van der Waals surface area contributed by atoms with Gasteiger partial charge in [-0.3, -0.25) is 9.59 Å². The molecule has 2 atom stereocenters. The van der Waals surface area contributed by atoms with Crippen LogP contribution < -0.4 is 15.4 Å². The number of benzene rings is 3. The van der Waals surface area contributed by atoms with Crippen LogP contribution in [0.1, 0.15) is 11.5 Å². The fourth-order valence-electron chi connectivity index (χ4n) is 3.49. The predicted molar refractivity (Wildman–Crippen MR) is 107 cm³/mol. The number of amides is 2. The molecule has 0 unspecified atom stereocenters. The number of carbonyl (C=O) groups excluding carboxylic acids is 2. The smallest absolute Gasteiger partial charge is 0.237 e. The summed E-state index contributed by atoms with van der Waals surface area (Å²) in [6.07, 6.45) is 0. The van der Waals surface area contributed by atoms with Gasteiger partial charge in [0.05, 0.1) is 5.69 Å². The molecular weight excluding hydrogens is 409 g/mol. The van der Waals surface area contributed by atoms with Gasteiger partial charge in [0.1, 0.15) is 11.7 Å². The topological polar surface area (TPSA) is 67.4 Å². The van der Waals surface area contributed by atoms with Crippen molar-refractivity contribution in [3.05, 3.63) is 89.7 Å². The van der Waals surface area contributed by atoms with Crippen LogP contribution in [0.15, 0.2) is 66.7 Å². The number of para-hydroxylation sites is 1. The lowest BCUT2D eigenvalue weighted by Gasteiger charge is -2.18. The summed E-state index contributed by atoms with van der Waals surface area (Å²) < 4.78 is 47.2. The summed E-state index contributed by atoms with van der Waals surface area (Å²) >= 11 is 0. The second kappa shape index (κ2) is 8.51. The van der Waals surface area contributed by atoms with Gasteiger partial charge in [-0.15, -0.1) is 0 Å². The quantitative estimate of drug-likeness (QED) is 0.596. The Hall–Kier alpha value is -3.81. The molecule has 0 bridgehead atoms. The maximum atomic E-state index is 14.3. The number of halogens is 3. The molecule has 4 rings (SSSR count). The molecule has 1 aliphatic rings. The molecule has 0 aliphatic carbocycles. The Balaban J connectivity index is 1.59. The van der Waals surface area contributed by atoms with Crippen LogP contribution in [0.4, 0.5) is 18.9 Å². The van der Waals surface area contributed by atoms with E-state index < -0.39 is 41.1 Å². The minimum absolute atomic E-state index is 0.0571. The second-order valence-corrected chi connectivity index (χ2v) is 7.02. The molecule has 8 heteroatoms. The molecule has 2 N–H and O–H groups in total. The van der Waals surface area contributed by atoms with Crippen molar-refractivity contribution >= 4 is 17.5 Å². The average molecular weight is 426 g/mol. The molecule has 1 heterocycles. The molecule has 158 valence electrons. The Labute approximate surface area is 175 Å². The van der Waals surface area contributed by atoms with Gasteiger partial charge >= 0.3 is 0 Å². The van der Waals surface area contributed by atoms with Gasteiger partial charge in [-0.1, -0.05) is 30.3 Å². The largest absolute Gasteiger partial charge is 0.454 e. The number of carbonyl (C=O) groups is 2. The van der Waals surface area contributed by atoms with Gasteiger partial charge < -0.3 is 15.4 Å². The Bertz CT molecular complexity index is 1140. The van der Waals surface area contributed by atoms with Crippen molar-refractivity contribution in [3.8, 4) is 11.5 Å². The van der Waals surface area contributed by atoms with Crippen molar-refractivity contribution in [2.75, 3.05) is 11.9 Å². The summed E-state index contributed by atoms with van der Waals surface area (Å²) in [5, 5.41) is 4.86. The first-order valence-corrected chi connectivity index (χ1v) is 9.49. The minimum Gasteiger partial charge on any atom is -0.454 e. The van der Waals surface area contributed by atoms with E-state index in [0.29, 0.717) is 11.3 Å². The van der Waals surface area contributed by atoms with Crippen LogP contribution >= 0.6 is 0 Å². The number of rotatable bonds is 5. The van der Waals surface area contributed by atoms with E-state index in [4.69, 9.17) is 4.74 Å². The highest BCUT2D eigenvalue weighted by Gasteiger charge is 2.41. The van der Waals surface area contributed by atoms with Gasteiger partial charge in [0.25, 0.3) is 0 Å². The van der Waals surface area contributed by atoms with E-state index in [0.717, 1.165) is 6.07 Å². The summed E-state index contributed by atoms with van der Waals surface area (Å²) in [5.74, 6) is -5.78. The van der Waals surface area contributed by atoms with Gasteiger partial charge in [-0.2, -0.15) is 0 Å². The van der Waals surface area contributed by atoms with Crippen LogP contribution in [0, 0.1) is 23.4 Å². The van der Waals surface area contributed by atoms with Crippen molar-refractivity contribution in [1.29, 1.82) is 0 Å². The van der Waals surface area contributed by atoms with E-state index in [-0.39, 0.29) is 18.0 Å². The van der Waals surface area contributed by atoms with E-state index in [1.54, 1.807) is 30.3 Å². The Morgan fingerprint density at radius 2 is 1.74 bits per heavy atom. The number of nitrogens with one attached hydrogen (secondary N) is 2. The molecule has 3 aromatic carbocycles. The Morgan fingerprint density at radius 1 is 0.968 bits per heavy atom. The molecule has 2 amide bonds. The second-order valence-electron chi connectivity index (χ2n) is 7.02. The highest BCUT2D eigenvalue weighted by atomic mass is 19.2. The third kappa shape index (κ3) is 4.23. The lowest BCUT2D eigenvalue weighted by molar-refractivity contribution is -0.130. The fourth-order valence-corrected chi connectivity index (χ4v) is 3.49. The Morgan fingerprint density at radius 3 is 2.52 bits per heavy atom. The molecule has 0 spiro atoms. The normalized spacial score (nSPS) is 17.8. The van der Waals surface area contributed by atoms with Crippen molar-refractivity contribution < 1.29 is 27.5 Å². The molecule has 1 fully saturated rings. The summed E-state index contributed by atoms with van der Waals surface area (Å²) in [6.45, 7) is 0.124. The maximum absolute atomic E-state index is 14.3. The first kappa shape index (κ1) is 20.5. The molecule has 0 saturated carbocycles. The zero-order chi connectivity index (χ0) is 22.0. The van der Waals surface area contributed by atoms with E-state index in [1.165, 1.54) is 30.3 Å². The Kier molecular flexibility index (Phi) is 5.62. The zero-order valence-corrected chi connectivity index (χ0v) is 16.1. The zero-order valence-electron chi connectivity index (χ0n) is 16.1. The summed E-state index contributed by atoms with van der Waals surface area (Å²) in [7, 11) is 0. The average Bonchev–Trinajstić information content (AvgIpc) is 3.15. The van der Waals surface area contributed by atoms with Crippen LogP contribution in [-0.2, 0) is 9.59 Å². The predicted octanol–water partition coefficient (Wildman–Crippen LogP) is 4.36. The maximum Gasteiger partial charge on any atom is 0.237 e. The molecule has 0 aromatic heterocycles. The van der Waals surface area contributed by atoms with Gasteiger partial charge in [0, 0.05) is 12.5 Å². The highest BCUT2D eigenvalue weighted by molar-refractivity contribution is 6.08. The van der Waals surface area contributed by atoms with Crippen LogP contribution in [0.25, 0.3) is 0 Å². The van der Waals surface area contributed by atoms with Crippen LogP contribution in [-0.4, -0.2) is 18.4 Å². The SMILES string of the molecule is O=C1NC[C@H](c2ccc(F)c(Oc3ccccc3)c2)[C@H]1C(=O)Nc1cccc(F)c1F. The summed E-state index contributed by atoms with van der Waals surface area (Å²) in [4.78, 5) is 25.1. The van der Waals surface area contributed by atoms with E-state index in [9.17, 15) is 22.8 Å². The standard InChI is InChI=1S/C23H17F3N2O3/c24-16-10-9-13(11-19(16)31-14-5-2-1-3-6-14)15-12-27-22(29)20(15)23(30)28-18-8-4-7-17(25)21(18)26/h1-11,15,20H,12H2,(H,27,29)(H,28,30)/t15-,20-/m1/s1. The molecule has 1 aliphatic heterocycles. The number of hydrogen-bond donors (Lipinski definition) is 2. The van der Waals surface area contributed by atoms with E-state index in [2.05, 4.69) is 10.6 Å². The minimum atomic E-state index is -1.22. The number of ether oxygens (including phenoxy) is 1. The molecule has 1 saturated heterocycles. The third-order valence-electron chi connectivity index (χ3n) is 5.03. The molecule has 0 radical (unpaired) electrons. The first-order chi connectivity index (χ1) is 14.9. The highest BCUT2D eigenvalue weighted by Crippen LogP contribution is 2.34. The van der Waals surface area contributed by atoms with E-state index in [1.807, 2.05) is 0 Å². The lowest BCUT2D eigenvalue weighted by atomic mass is 9.87. The van der Waals surface area contributed by atoms with Crippen molar-refractivity contribution in [3.63, 3.8) is 0 Å². The molecule has 3 aromatic rings. The van der Waals surface area contributed by atoms with Gasteiger partial charge in [-0.05, 0) is 42.0 Å².